The van der Waals surface area contributed by atoms with Crippen molar-refractivity contribution in [2.75, 3.05) is 11.2 Å². The van der Waals surface area contributed by atoms with Crippen molar-refractivity contribution >= 4 is 23.3 Å². The molecule has 1 N–H and O–H groups in total. The predicted molar refractivity (Wildman–Crippen MR) is 77.6 cm³/mol. The number of halogens is 1. The summed E-state index contributed by atoms with van der Waals surface area (Å²) >= 11 is 5.63. The maximum Gasteiger partial charge on any atom is 0.228 e. The van der Waals surface area contributed by atoms with E-state index >= 15 is 0 Å². The van der Waals surface area contributed by atoms with Crippen molar-refractivity contribution in [3.05, 3.63) is 11.8 Å². The fourth-order valence-electron chi connectivity index (χ4n) is 1.95. The molecule has 108 valence electrons. The minimum Gasteiger partial charge on any atom is -0.359 e. The van der Waals surface area contributed by atoms with Crippen LogP contribution in [0.15, 0.2) is 10.6 Å². The molecule has 0 bridgehead atoms. The van der Waals surface area contributed by atoms with Gasteiger partial charge in [0.1, 0.15) is 5.76 Å². The number of hydrogen-bond donors (Lipinski definition) is 1. The first kappa shape index (κ1) is 16.0. The van der Waals surface area contributed by atoms with Gasteiger partial charge in [0.2, 0.25) is 5.91 Å². The molecule has 0 aliphatic rings. The first-order chi connectivity index (χ1) is 8.90. The lowest BCUT2D eigenvalue weighted by Crippen LogP contribution is -2.21. The lowest BCUT2D eigenvalue weighted by atomic mass is 9.85. The average molecular weight is 287 g/mol. The fourth-order valence-corrected chi connectivity index (χ4v) is 2.27. The van der Waals surface area contributed by atoms with Crippen LogP contribution in [0, 0.1) is 5.92 Å². The van der Waals surface area contributed by atoms with Crippen molar-refractivity contribution in [1.82, 2.24) is 5.16 Å². The quantitative estimate of drug-likeness (QED) is 0.772. The highest BCUT2D eigenvalue weighted by molar-refractivity contribution is 6.18. The molecule has 1 rings (SSSR count). The van der Waals surface area contributed by atoms with E-state index in [4.69, 9.17) is 16.1 Å². The maximum absolute atomic E-state index is 11.8. The minimum atomic E-state index is -0.124. The molecule has 1 aromatic heterocycles. The standard InChI is InChI=1S/C14H23ClN2O2/c1-5-7-14(3,4)11-9-12(17-19-11)16-13(18)10(2)6-8-15/h9-10H,5-8H2,1-4H3,(H,16,17,18). The number of hydrogen-bond acceptors (Lipinski definition) is 3. The summed E-state index contributed by atoms with van der Waals surface area (Å²) in [6.07, 6.45) is 2.74. The van der Waals surface area contributed by atoms with Gasteiger partial charge in [-0.3, -0.25) is 4.79 Å². The van der Waals surface area contributed by atoms with Gasteiger partial charge in [0.05, 0.1) is 0 Å². The monoisotopic (exact) mass is 286 g/mol. The molecular formula is C14H23ClN2O2. The molecule has 1 heterocycles. The largest absolute Gasteiger partial charge is 0.359 e. The molecule has 0 radical (unpaired) electrons. The Kier molecular flexibility index (Phi) is 5.85. The van der Waals surface area contributed by atoms with E-state index in [1.165, 1.54) is 0 Å². The van der Waals surface area contributed by atoms with Crippen LogP contribution in [0.5, 0.6) is 0 Å². The zero-order chi connectivity index (χ0) is 14.5. The Morgan fingerprint density at radius 2 is 2.26 bits per heavy atom. The van der Waals surface area contributed by atoms with Gasteiger partial charge in [-0.25, -0.2) is 0 Å². The van der Waals surface area contributed by atoms with Crippen LogP contribution in [0.4, 0.5) is 5.82 Å². The summed E-state index contributed by atoms with van der Waals surface area (Å²) in [6.45, 7) is 8.20. The third kappa shape index (κ3) is 4.53. The average Bonchev–Trinajstić information content (AvgIpc) is 2.78. The van der Waals surface area contributed by atoms with Crippen molar-refractivity contribution in [3.8, 4) is 0 Å². The van der Waals surface area contributed by atoms with Gasteiger partial charge in [-0.05, 0) is 12.8 Å². The number of rotatable bonds is 7. The van der Waals surface area contributed by atoms with Gasteiger partial charge in [0, 0.05) is 23.3 Å². The highest BCUT2D eigenvalue weighted by atomic mass is 35.5. The van der Waals surface area contributed by atoms with Gasteiger partial charge in [-0.15, -0.1) is 11.6 Å². The molecule has 0 aromatic carbocycles. The van der Waals surface area contributed by atoms with E-state index in [-0.39, 0.29) is 17.2 Å². The van der Waals surface area contributed by atoms with Crippen LogP contribution >= 0.6 is 11.6 Å². The second-order valence-electron chi connectivity index (χ2n) is 5.58. The Morgan fingerprint density at radius 3 is 2.84 bits per heavy atom. The summed E-state index contributed by atoms with van der Waals surface area (Å²) in [5, 5.41) is 6.67. The molecule has 0 spiro atoms. The summed E-state index contributed by atoms with van der Waals surface area (Å²) in [7, 11) is 0. The van der Waals surface area contributed by atoms with Crippen molar-refractivity contribution in [2.24, 2.45) is 5.92 Å². The summed E-state index contributed by atoms with van der Waals surface area (Å²) < 4.78 is 5.33. The molecule has 5 heteroatoms. The van der Waals surface area contributed by atoms with Crippen LogP contribution in [-0.4, -0.2) is 16.9 Å². The summed E-state index contributed by atoms with van der Waals surface area (Å²) in [5.41, 5.74) is -0.0630. The van der Waals surface area contributed by atoms with E-state index in [2.05, 4.69) is 31.2 Å². The Labute approximate surface area is 119 Å². The third-order valence-corrected chi connectivity index (χ3v) is 3.51. The van der Waals surface area contributed by atoms with E-state index in [0.29, 0.717) is 18.1 Å². The normalized spacial score (nSPS) is 13.3. The van der Waals surface area contributed by atoms with Crippen LogP contribution in [0.3, 0.4) is 0 Å². The molecule has 1 atom stereocenters. The van der Waals surface area contributed by atoms with Crippen LogP contribution in [-0.2, 0) is 10.2 Å². The Balaban J connectivity index is 2.67. The van der Waals surface area contributed by atoms with E-state index in [1.54, 1.807) is 6.07 Å². The van der Waals surface area contributed by atoms with E-state index in [1.807, 2.05) is 6.92 Å². The second-order valence-corrected chi connectivity index (χ2v) is 5.96. The lowest BCUT2D eigenvalue weighted by molar-refractivity contribution is -0.119. The number of carbonyl (C=O) groups is 1. The molecule has 0 aliphatic heterocycles. The first-order valence-electron chi connectivity index (χ1n) is 6.74. The van der Waals surface area contributed by atoms with E-state index in [0.717, 1.165) is 18.6 Å². The Hall–Kier alpha value is -1.03. The minimum absolute atomic E-state index is 0.0630. The molecule has 4 nitrogen and oxygen atoms in total. The van der Waals surface area contributed by atoms with Crippen molar-refractivity contribution < 1.29 is 9.32 Å². The topological polar surface area (TPSA) is 55.1 Å². The lowest BCUT2D eigenvalue weighted by Gasteiger charge is -2.19. The summed E-state index contributed by atoms with van der Waals surface area (Å²) in [5.74, 6) is 1.55. The third-order valence-electron chi connectivity index (χ3n) is 3.29. The van der Waals surface area contributed by atoms with Crippen LogP contribution in [0.1, 0.15) is 52.7 Å². The number of aromatic nitrogens is 1. The molecule has 1 unspecified atom stereocenters. The number of alkyl halides is 1. The van der Waals surface area contributed by atoms with E-state index < -0.39 is 0 Å². The molecule has 19 heavy (non-hydrogen) atoms. The maximum atomic E-state index is 11.8. The number of nitrogens with one attached hydrogen (secondary N) is 1. The molecule has 0 saturated heterocycles. The van der Waals surface area contributed by atoms with Crippen LogP contribution < -0.4 is 5.32 Å². The molecule has 1 aromatic rings. The van der Waals surface area contributed by atoms with E-state index in [9.17, 15) is 4.79 Å². The molecule has 1 amide bonds. The Bertz CT molecular complexity index is 415. The Morgan fingerprint density at radius 1 is 1.58 bits per heavy atom. The van der Waals surface area contributed by atoms with Crippen molar-refractivity contribution in [3.63, 3.8) is 0 Å². The van der Waals surface area contributed by atoms with Gasteiger partial charge >= 0.3 is 0 Å². The van der Waals surface area contributed by atoms with Gasteiger partial charge in [0.15, 0.2) is 5.82 Å². The summed E-state index contributed by atoms with van der Waals surface area (Å²) in [6, 6.07) is 1.81. The zero-order valence-corrected chi connectivity index (χ0v) is 12.9. The highest BCUT2D eigenvalue weighted by Crippen LogP contribution is 2.30. The second kappa shape index (κ2) is 6.94. The van der Waals surface area contributed by atoms with Gasteiger partial charge in [0.25, 0.3) is 0 Å². The van der Waals surface area contributed by atoms with Crippen molar-refractivity contribution in [1.29, 1.82) is 0 Å². The number of anilines is 1. The number of nitrogens with zero attached hydrogens (tertiary/aromatic N) is 1. The van der Waals surface area contributed by atoms with Gasteiger partial charge < -0.3 is 9.84 Å². The molecule has 0 aliphatic carbocycles. The van der Waals surface area contributed by atoms with Gasteiger partial charge in [-0.2, -0.15) is 0 Å². The summed E-state index contributed by atoms with van der Waals surface area (Å²) in [4.78, 5) is 11.8. The number of carbonyl (C=O) groups excluding carboxylic acids is 1. The highest BCUT2D eigenvalue weighted by Gasteiger charge is 2.25. The van der Waals surface area contributed by atoms with Crippen LogP contribution in [0.2, 0.25) is 0 Å². The molecule has 0 saturated carbocycles. The SMILES string of the molecule is CCCC(C)(C)c1cc(NC(=O)C(C)CCCl)no1. The fraction of sp³-hybridized carbons (Fsp3) is 0.714. The zero-order valence-electron chi connectivity index (χ0n) is 12.1. The smallest absolute Gasteiger partial charge is 0.228 e. The number of amides is 1. The van der Waals surface area contributed by atoms with Crippen molar-refractivity contribution in [2.45, 2.75) is 52.4 Å². The predicted octanol–water partition coefficient (Wildman–Crippen LogP) is 3.96. The van der Waals surface area contributed by atoms with Crippen LogP contribution in [0.25, 0.3) is 0 Å². The first-order valence-corrected chi connectivity index (χ1v) is 7.28. The van der Waals surface area contributed by atoms with Gasteiger partial charge in [-0.1, -0.05) is 39.3 Å². The molecule has 0 fully saturated rings. The molecular weight excluding hydrogens is 264 g/mol.